The van der Waals surface area contributed by atoms with Gasteiger partial charge in [0.15, 0.2) is 0 Å². The van der Waals surface area contributed by atoms with Crippen LogP contribution in [-0.2, 0) is 0 Å². The van der Waals surface area contributed by atoms with Crippen LogP contribution in [0, 0.1) is 26.2 Å². The van der Waals surface area contributed by atoms with Gasteiger partial charge in [-0.05, 0) is 44.4 Å². The lowest BCUT2D eigenvalue weighted by Crippen LogP contribution is -2.22. The zero-order valence-electron chi connectivity index (χ0n) is 11.1. The molecule has 1 aromatic heterocycles. The molecule has 0 fully saturated rings. The van der Waals surface area contributed by atoms with Gasteiger partial charge in [-0.1, -0.05) is 13.0 Å². The second kappa shape index (κ2) is 7.09. The van der Waals surface area contributed by atoms with Crippen LogP contribution in [0.15, 0.2) is 12.3 Å². The van der Waals surface area contributed by atoms with Gasteiger partial charge < -0.3 is 5.32 Å². The molecule has 2 heteroatoms. The number of nitrogens with one attached hydrogen (secondary N) is 1. The Labute approximate surface area is 105 Å². The van der Waals surface area contributed by atoms with Crippen LogP contribution in [0.25, 0.3) is 0 Å². The minimum absolute atomic E-state index is 0.328. The number of rotatable bonds is 6. The molecule has 1 aromatic rings. The third-order valence-corrected chi connectivity index (χ3v) is 2.85. The quantitative estimate of drug-likeness (QED) is 0.600. The van der Waals surface area contributed by atoms with Crippen molar-refractivity contribution in [1.82, 2.24) is 10.3 Å². The van der Waals surface area contributed by atoms with Gasteiger partial charge in [0.1, 0.15) is 0 Å². The van der Waals surface area contributed by atoms with Gasteiger partial charge >= 0.3 is 0 Å². The van der Waals surface area contributed by atoms with E-state index in [4.69, 9.17) is 6.42 Å². The van der Waals surface area contributed by atoms with E-state index in [0.29, 0.717) is 6.04 Å². The highest BCUT2D eigenvalue weighted by Gasteiger charge is 2.13. The van der Waals surface area contributed by atoms with E-state index < -0.39 is 0 Å². The molecule has 0 aliphatic rings. The number of hydrogen-bond donors (Lipinski definition) is 1. The van der Waals surface area contributed by atoms with Crippen LogP contribution in [0.3, 0.4) is 0 Å². The molecule has 1 unspecified atom stereocenters. The van der Waals surface area contributed by atoms with E-state index in [2.05, 4.69) is 43.1 Å². The Morgan fingerprint density at radius 2 is 2.24 bits per heavy atom. The van der Waals surface area contributed by atoms with Gasteiger partial charge in [-0.15, -0.1) is 12.3 Å². The molecule has 0 bridgehead atoms. The average Bonchev–Trinajstić information content (AvgIpc) is 2.28. The fourth-order valence-electron chi connectivity index (χ4n) is 2.08. The molecule has 0 aliphatic carbocycles. The lowest BCUT2D eigenvalue weighted by atomic mass is 10.0. The zero-order valence-corrected chi connectivity index (χ0v) is 11.1. The molecule has 1 N–H and O–H groups in total. The first-order valence-corrected chi connectivity index (χ1v) is 6.29. The molecular formula is C15H22N2. The van der Waals surface area contributed by atoms with Crippen LogP contribution < -0.4 is 5.32 Å². The lowest BCUT2D eigenvalue weighted by molar-refractivity contribution is 0.488. The van der Waals surface area contributed by atoms with Gasteiger partial charge in [0.25, 0.3) is 0 Å². The molecular weight excluding hydrogens is 208 g/mol. The van der Waals surface area contributed by atoms with Gasteiger partial charge in [0.05, 0.1) is 5.69 Å². The van der Waals surface area contributed by atoms with E-state index in [1.165, 1.54) is 11.1 Å². The first-order chi connectivity index (χ1) is 8.19. The summed E-state index contributed by atoms with van der Waals surface area (Å²) < 4.78 is 0. The number of nitrogens with zero attached hydrogens (tertiary/aromatic N) is 1. The zero-order chi connectivity index (χ0) is 12.7. The summed E-state index contributed by atoms with van der Waals surface area (Å²) in [5.41, 5.74) is 3.64. The molecule has 0 amide bonds. The van der Waals surface area contributed by atoms with Crippen molar-refractivity contribution in [3.8, 4) is 12.3 Å². The maximum atomic E-state index is 5.29. The topological polar surface area (TPSA) is 24.9 Å². The Bertz CT molecular complexity index is 390. The third-order valence-electron chi connectivity index (χ3n) is 2.85. The second-order valence-electron chi connectivity index (χ2n) is 4.42. The van der Waals surface area contributed by atoms with Gasteiger partial charge in [-0.3, -0.25) is 4.98 Å². The van der Waals surface area contributed by atoms with Crippen LogP contribution in [0.2, 0.25) is 0 Å². The van der Waals surface area contributed by atoms with E-state index in [-0.39, 0.29) is 0 Å². The summed E-state index contributed by atoms with van der Waals surface area (Å²) in [5, 5.41) is 3.49. The molecule has 1 heterocycles. The van der Waals surface area contributed by atoms with E-state index in [1.807, 2.05) is 6.20 Å². The van der Waals surface area contributed by atoms with Crippen molar-refractivity contribution >= 4 is 0 Å². The Hall–Kier alpha value is -1.33. The lowest BCUT2D eigenvalue weighted by Gasteiger charge is -2.19. The predicted octanol–water partition coefficient (Wildman–Crippen LogP) is 3.15. The minimum Gasteiger partial charge on any atom is -0.309 e. The number of aromatic nitrogens is 1. The highest BCUT2D eigenvalue weighted by molar-refractivity contribution is 5.25. The molecule has 0 saturated heterocycles. The smallest absolute Gasteiger partial charge is 0.0602 e. The van der Waals surface area contributed by atoms with E-state index in [1.54, 1.807) is 0 Å². The minimum atomic E-state index is 0.328. The monoisotopic (exact) mass is 230 g/mol. The normalized spacial score (nSPS) is 12.1. The summed E-state index contributed by atoms with van der Waals surface area (Å²) in [6.45, 7) is 7.28. The van der Waals surface area contributed by atoms with Gasteiger partial charge in [-0.25, -0.2) is 0 Å². The van der Waals surface area contributed by atoms with Crippen molar-refractivity contribution in [3.05, 3.63) is 29.1 Å². The summed E-state index contributed by atoms with van der Waals surface area (Å²) in [6, 6.07) is 2.52. The SMILES string of the molecule is C#CCCCC(NCC)c1ncc(C)cc1C. The number of aryl methyl sites for hydroxylation is 2. The summed E-state index contributed by atoms with van der Waals surface area (Å²) in [4.78, 5) is 4.56. The first-order valence-electron chi connectivity index (χ1n) is 6.29. The largest absolute Gasteiger partial charge is 0.309 e. The average molecular weight is 230 g/mol. The maximum Gasteiger partial charge on any atom is 0.0602 e. The van der Waals surface area contributed by atoms with Crippen molar-refractivity contribution in [1.29, 1.82) is 0 Å². The van der Waals surface area contributed by atoms with Crippen LogP contribution in [0.4, 0.5) is 0 Å². The fourth-order valence-corrected chi connectivity index (χ4v) is 2.08. The van der Waals surface area contributed by atoms with E-state index in [9.17, 15) is 0 Å². The van der Waals surface area contributed by atoms with Crippen LogP contribution in [-0.4, -0.2) is 11.5 Å². The molecule has 0 aromatic carbocycles. The van der Waals surface area contributed by atoms with Crippen LogP contribution in [0.1, 0.15) is 49.0 Å². The van der Waals surface area contributed by atoms with Gasteiger partial charge in [-0.2, -0.15) is 0 Å². The molecule has 1 atom stereocenters. The predicted molar refractivity (Wildman–Crippen MR) is 72.8 cm³/mol. The van der Waals surface area contributed by atoms with E-state index in [0.717, 1.165) is 31.5 Å². The molecule has 92 valence electrons. The van der Waals surface area contributed by atoms with E-state index >= 15 is 0 Å². The molecule has 17 heavy (non-hydrogen) atoms. The van der Waals surface area contributed by atoms with Crippen molar-refractivity contribution in [2.45, 2.75) is 46.1 Å². The molecule has 1 rings (SSSR count). The van der Waals surface area contributed by atoms with Gasteiger partial charge in [0.2, 0.25) is 0 Å². The summed E-state index contributed by atoms with van der Waals surface area (Å²) in [7, 11) is 0. The van der Waals surface area contributed by atoms with Crippen molar-refractivity contribution in [3.63, 3.8) is 0 Å². The molecule has 2 nitrogen and oxygen atoms in total. The van der Waals surface area contributed by atoms with Crippen LogP contribution in [0.5, 0.6) is 0 Å². The summed E-state index contributed by atoms with van der Waals surface area (Å²) >= 11 is 0. The number of unbranched alkanes of at least 4 members (excludes halogenated alkanes) is 1. The Balaban J connectivity index is 2.78. The fraction of sp³-hybridized carbons (Fsp3) is 0.533. The van der Waals surface area contributed by atoms with Crippen LogP contribution >= 0.6 is 0 Å². The molecule has 0 radical (unpaired) electrons. The molecule has 0 saturated carbocycles. The van der Waals surface area contributed by atoms with Crippen molar-refractivity contribution in [2.24, 2.45) is 0 Å². The van der Waals surface area contributed by atoms with Crippen molar-refractivity contribution < 1.29 is 0 Å². The standard InChI is InChI=1S/C15H22N2/c1-5-7-8-9-14(16-6-2)15-13(4)10-12(3)11-17-15/h1,10-11,14,16H,6-9H2,2-4H3. The highest BCUT2D eigenvalue weighted by Crippen LogP contribution is 2.21. The Kier molecular flexibility index (Phi) is 5.72. The Morgan fingerprint density at radius 3 is 2.82 bits per heavy atom. The molecule has 0 aliphatic heterocycles. The summed E-state index contributed by atoms with van der Waals surface area (Å²) in [5.74, 6) is 2.69. The number of hydrogen-bond acceptors (Lipinski definition) is 2. The second-order valence-corrected chi connectivity index (χ2v) is 4.42. The van der Waals surface area contributed by atoms with Crippen molar-refractivity contribution in [2.75, 3.05) is 6.54 Å². The highest BCUT2D eigenvalue weighted by atomic mass is 14.9. The molecule has 0 spiro atoms. The maximum absolute atomic E-state index is 5.29. The first kappa shape index (κ1) is 13.7. The third kappa shape index (κ3) is 4.20. The Morgan fingerprint density at radius 1 is 1.47 bits per heavy atom. The number of terminal acetylenes is 1. The number of pyridine rings is 1. The summed E-state index contributed by atoms with van der Waals surface area (Å²) in [6.07, 6.45) is 10.2. The van der Waals surface area contributed by atoms with Gasteiger partial charge in [0, 0.05) is 18.7 Å².